The van der Waals surface area contributed by atoms with E-state index in [9.17, 15) is 0 Å². The van der Waals surface area contributed by atoms with Crippen LogP contribution in [-0.4, -0.2) is 24.1 Å². The summed E-state index contributed by atoms with van der Waals surface area (Å²) in [5.74, 6) is 0.264. The molecule has 12 heavy (non-hydrogen) atoms. The van der Waals surface area contributed by atoms with Crippen molar-refractivity contribution in [3.63, 3.8) is 0 Å². The minimum absolute atomic E-state index is 0.264. The fourth-order valence-electron chi connectivity index (χ4n) is 0.645. The van der Waals surface area contributed by atoms with E-state index in [1.54, 1.807) is 0 Å². The quantitative estimate of drug-likeness (QED) is 0.142. The summed E-state index contributed by atoms with van der Waals surface area (Å²) < 4.78 is 0. The lowest BCUT2D eigenvalue weighted by molar-refractivity contribution is 0.316. The van der Waals surface area contributed by atoms with Gasteiger partial charge in [0.25, 0.3) is 0 Å². The van der Waals surface area contributed by atoms with Gasteiger partial charge >= 0.3 is 0 Å². The van der Waals surface area contributed by atoms with Crippen LogP contribution in [0, 0.1) is 0 Å². The molecule has 0 aromatic heterocycles. The van der Waals surface area contributed by atoms with Crippen LogP contribution < -0.4 is 11.1 Å². The van der Waals surface area contributed by atoms with E-state index in [2.05, 4.69) is 16.5 Å². The first-order valence-electron chi connectivity index (χ1n) is 3.97. The van der Waals surface area contributed by atoms with Crippen LogP contribution in [0.5, 0.6) is 0 Å². The molecule has 0 unspecified atom stereocenters. The number of amidine groups is 1. The van der Waals surface area contributed by atoms with Crippen molar-refractivity contribution in [3.8, 4) is 0 Å². The van der Waals surface area contributed by atoms with Crippen LogP contribution in [-0.2, 0) is 0 Å². The lowest BCUT2D eigenvalue weighted by Crippen LogP contribution is -2.22. The van der Waals surface area contributed by atoms with Crippen LogP contribution in [0.1, 0.15) is 20.3 Å². The Labute approximate surface area is 73.1 Å². The summed E-state index contributed by atoms with van der Waals surface area (Å²) in [7, 11) is 0. The molecule has 4 nitrogen and oxygen atoms in total. The molecule has 0 rings (SSSR count). The van der Waals surface area contributed by atoms with Gasteiger partial charge in [-0.15, -0.1) is 0 Å². The van der Waals surface area contributed by atoms with E-state index in [1.165, 1.54) is 5.57 Å². The van der Waals surface area contributed by atoms with Crippen LogP contribution in [0.2, 0.25) is 0 Å². The van der Waals surface area contributed by atoms with Crippen LogP contribution in [0.4, 0.5) is 0 Å². The zero-order valence-electron chi connectivity index (χ0n) is 7.67. The molecule has 0 atom stereocenters. The van der Waals surface area contributed by atoms with E-state index in [1.807, 2.05) is 13.8 Å². The van der Waals surface area contributed by atoms with Gasteiger partial charge in [0.1, 0.15) is 5.84 Å². The largest absolute Gasteiger partial charge is 0.409 e. The highest BCUT2D eigenvalue weighted by atomic mass is 16.4. The summed E-state index contributed by atoms with van der Waals surface area (Å²) >= 11 is 0. The molecule has 0 saturated heterocycles. The monoisotopic (exact) mass is 171 g/mol. The third kappa shape index (κ3) is 7.08. The van der Waals surface area contributed by atoms with Crippen molar-refractivity contribution in [1.82, 2.24) is 5.32 Å². The third-order valence-electron chi connectivity index (χ3n) is 1.34. The van der Waals surface area contributed by atoms with Crippen LogP contribution >= 0.6 is 0 Å². The average molecular weight is 171 g/mol. The Hall–Kier alpha value is -1.03. The minimum Gasteiger partial charge on any atom is -0.409 e. The Morgan fingerprint density at radius 3 is 2.75 bits per heavy atom. The Morgan fingerprint density at radius 2 is 2.25 bits per heavy atom. The smallest absolute Gasteiger partial charge is 0.140 e. The van der Waals surface area contributed by atoms with E-state index in [0.717, 1.165) is 13.1 Å². The van der Waals surface area contributed by atoms with Crippen LogP contribution in [0.15, 0.2) is 16.8 Å². The molecular weight excluding hydrogens is 154 g/mol. The molecule has 4 heteroatoms. The Kier molecular flexibility index (Phi) is 6.09. The lowest BCUT2D eigenvalue weighted by atomic mass is 10.3. The maximum absolute atomic E-state index is 8.20. The van der Waals surface area contributed by atoms with Crippen molar-refractivity contribution in [2.45, 2.75) is 20.3 Å². The molecule has 0 radical (unpaired) electrons. The Bertz CT molecular complexity index is 171. The van der Waals surface area contributed by atoms with E-state index in [-0.39, 0.29) is 5.84 Å². The zero-order valence-corrected chi connectivity index (χ0v) is 7.67. The first-order valence-corrected chi connectivity index (χ1v) is 3.97. The maximum atomic E-state index is 8.20. The van der Waals surface area contributed by atoms with Crippen LogP contribution in [0.3, 0.4) is 0 Å². The molecule has 0 amide bonds. The average Bonchev–Trinajstić information content (AvgIpc) is 2.03. The molecule has 4 N–H and O–H groups in total. The van der Waals surface area contributed by atoms with E-state index in [4.69, 9.17) is 10.9 Å². The Balaban J connectivity index is 3.28. The van der Waals surface area contributed by atoms with Gasteiger partial charge in [0.05, 0.1) is 0 Å². The van der Waals surface area contributed by atoms with Crippen molar-refractivity contribution in [2.24, 2.45) is 10.9 Å². The number of hydrogen-bond acceptors (Lipinski definition) is 3. The van der Waals surface area contributed by atoms with Gasteiger partial charge in [-0.05, 0) is 13.8 Å². The van der Waals surface area contributed by atoms with Gasteiger partial charge in [-0.1, -0.05) is 16.8 Å². The van der Waals surface area contributed by atoms with Crippen molar-refractivity contribution < 1.29 is 5.21 Å². The number of rotatable bonds is 5. The summed E-state index contributed by atoms with van der Waals surface area (Å²) in [5.41, 5.74) is 6.54. The van der Waals surface area contributed by atoms with Gasteiger partial charge in [-0.25, -0.2) is 0 Å². The predicted molar refractivity (Wildman–Crippen MR) is 50.3 cm³/mol. The molecule has 0 fully saturated rings. The second-order valence-electron chi connectivity index (χ2n) is 2.83. The van der Waals surface area contributed by atoms with Crippen molar-refractivity contribution in [3.05, 3.63) is 11.6 Å². The molecule has 0 aromatic carbocycles. The summed E-state index contributed by atoms with van der Waals surface area (Å²) in [6, 6.07) is 0. The normalized spacial score (nSPS) is 11.3. The molecule has 0 aromatic rings. The standard InChI is InChI=1S/C8H17N3O/c1-7(2)3-5-10-6-4-8(9)11-12/h3,10,12H,4-6H2,1-2H3,(H2,9,11). The highest BCUT2D eigenvalue weighted by Crippen LogP contribution is 1.85. The number of allylic oxidation sites excluding steroid dienone is 1. The van der Waals surface area contributed by atoms with Gasteiger partial charge in [0, 0.05) is 19.5 Å². The first kappa shape index (κ1) is 11.0. The van der Waals surface area contributed by atoms with Crippen molar-refractivity contribution >= 4 is 5.84 Å². The van der Waals surface area contributed by atoms with E-state index in [0.29, 0.717) is 6.42 Å². The topological polar surface area (TPSA) is 70.6 Å². The van der Waals surface area contributed by atoms with Gasteiger partial charge in [0.15, 0.2) is 0 Å². The SMILES string of the molecule is CC(C)=CCNCCC(N)=NO. The molecule has 0 saturated carbocycles. The molecule has 0 spiro atoms. The summed E-state index contributed by atoms with van der Waals surface area (Å²) in [6.45, 7) is 5.66. The lowest BCUT2D eigenvalue weighted by Gasteiger charge is -1.99. The third-order valence-corrected chi connectivity index (χ3v) is 1.34. The number of nitrogens with zero attached hydrogens (tertiary/aromatic N) is 1. The summed E-state index contributed by atoms with van der Waals surface area (Å²) in [6.07, 6.45) is 2.67. The highest BCUT2D eigenvalue weighted by molar-refractivity contribution is 5.79. The number of nitrogens with one attached hydrogen (secondary N) is 1. The predicted octanol–water partition coefficient (Wildman–Crippen LogP) is 0.679. The second-order valence-corrected chi connectivity index (χ2v) is 2.83. The van der Waals surface area contributed by atoms with Gasteiger partial charge in [0.2, 0.25) is 0 Å². The molecule has 70 valence electrons. The second kappa shape index (κ2) is 6.67. The minimum atomic E-state index is 0.264. The van der Waals surface area contributed by atoms with Crippen molar-refractivity contribution in [1.29, 1.82) is 0 Å². The number of nitrogens with two attached hydrogens (primary N) is 1. The number of oxime groups is 1. The van der Waals surface area contributed by atoms with E-state index < -0.39 is 0 Å². The molecule has 0 aliphatic heterocycles. The highest BCUT2D eigenvalue weighted by Gasteiger charge is 1.90. The zero-order chi connectivity index (χ0) is 9.40. The molecule has 0 aliphatic rings. The van der Waals surface area contributed by atoms with Gasteiger partial charge in [-0.3, -0.25) is 0 Å². The van der Waals surface area contributed by atoms with Crippen molar-refractivity contribution in [2.75, 3.05) is 13.1 Å². The fourth-order valence-corrected chi connectivity index (χ4v) is 0.645. The maximum Gasteiger partial charge on any atom is 0.140 e. The molecule has 0 heterocycles. The Morgan fingerprint density at radius 1 is 1.58 bits per heavy atom. The summed E-state index contributed by atoms with van der Waals surface area (Å²) in [4.78, 5) is 0. The van der Waals surface area contributed by atoms with Gasteiger partial charge in [-0.2, -0.15) is 0 Å². The van der Waals surface area contributed by atoms with E-state index >= 15 is 0 Å². The molecular formula is C8H17N3O. The first-order chi connectivity index (χ1) is 5.66. The molecule has 0 bridgehead atoms. The fraction of sp³-hybridized carbons (Fsp3) is 0.625. The summed E-state index contributed by atoms with van der Waals surface area (Å²) in [5, 5.41) is 14.2. The molecule has 0 aliphatic carbocycles. The number of hydrogen-bond donors (Lipinski definition) is 3. The van der Waals surface area contributed by atoms with Crippen LogP contribution in [0.25, 0.3) is 0 Å². The van der Waals surface area contributed by atoms with Gasteiger partial charge < -0.3 is 16.3 Å².